The molecule has 2 aromatic carbocycles. The quantitative estimate of drug-likeness (QED) is 0.734. The molecule has 5 nitrogen and oxygen atoms in total. The molecule has 0 aliphatic heterocycles. The number of H-pyrrole nitrogens is 1. The lowest BCUT2D eigenvalue weighted by molar-refractivity contribution is -0.115. The highest BCUT2D eigenvalue weighted by Gasteiger charge is 2.14. The topological polar surface area (TPSA) is 63.4 Å². The van der Waals surface area contributed by atoms with E-state index in [0.29, 0.717) is 22.2 Å². The van der Waals surface area contributed by atoms with Gasteiger partial charge in [0, 0.05) is 23.2 Å². The summed E-state index contributed by atoms with van der Waals surface area (Å²) >= 11 is 6.13. The third kappa shape index (κ3) is 3.16. The van der Waals surface area contributed by atoms with Gasteiger partial charge in [-0.1, -0.05) is 29.8 Å². The summed E-state index contributed by atoms with van der Waals surface area (Å²) in [7, 11) is 3.05. The molecule has 124 valence electrons. The Balaban J connectivity index is 1.81. The molecule has 24 heavy (non-hydrogen) atoms. The first-order valence-corrected chi connectivity index (χ1v) is 7.76. The Hall–Kier alpha value is -2.66. The molecular weight excluding hydrogens is 328 g/mol. The van der Waals surface area contributed by atoms with E-state index in [1.54, 1.807) is 12.1 Å². The standard InChI is InChI=1S/C18H17ClN2O3/c1-23-16-9-17(24-2)15(8-13(16)19)21-18(22)7-11-10-20-14-6-4-3-5-12(11)14/h3-6,8-10,20H,7H2,1-2H3,(H,21,22). The number of ether oxygens (including phenoxy) is 2. The average molecular weight is 345 g/mol. The summed E-state index contributed by atoms with van der Waals surface area (Å²) in [6.07, 6.45) is 2.10. The van der Waals surface area contributed by atoms with E-state index in [0.717, 1.165) is 16.5 Å². The van der Waals surface area contributed by atoms with Crippen LogP contribution in [0.4, 0.5) is 5.69 Å². The second kappa shape index (κ2) is 6.84. The molecule has 6 heteroatoms. The van der Waals surface area contributed by atoms with Gasteiger partial charge in [0.25, 0.3) is 0 Å². The molecule has 0 aliphatic rings. The second-order valence-electron chi connectivity index (χ2n) is 5.27. The van der Waals surface area contributed by atoms with Crippen LogP contribution in [0.1, 0.15) is 5.56 Å². The maximum absolute atomic E-state index is 12.4. The summed E-state index contributed by atoms with van der Waals surface area (Å²) in [5.41, 5.74) is 2.44. The van der Waals surface area contributed by atoms with Crippen molar-refractivity contribution in [3.8, 4) is 11.5 Å². The van der Waals surface area contributed by atoms with Gasteiger partial charge in [0.15, 0.2) is 0 Å². The summed E-state index contributed by atoms with van der Waals surface area (Å²) in [5.74, 6) is 0.825. The van der Waals surface area contributed by atoms with Gasteiger partial charge in [-0.25, -0.2) is 0 Å². The van der Waals surface area contributed by atoms with Crippen molar-refractivity contribution in [2.45, 2.75) is 6.42 Å². The Bertz CT molecular complexity index is 889. The fourth-order valence-corrected chi connectivity index (χ4v) is 2.84. The van der Waals surface area contributed by atoms with Gasteiger partial charge < -0.3 is 19.8 Å². The van der Waals surface area contributed by atoms with Crippen molar-refractivity contribution in [3.63, 3.8) is 0 Å². The zero-order valence-corrected chi connectivity index (χ0v) is 14.1. The normalized spacial score (nSPS) is 10.6. The number of para-hydroxylation sites is 1. The van der Waals surface area contributed by atoms with E-state index >= 15 is 0 Å². The number of anilines is 1. The number of methoxy groups -OCH3 is 2. The zero-order chi connectivity index (χ0) is 17.1. The molecule has 3 rings (SSSR count). The van der Waals surface area contributed by atoms with Crippen LogP contribution in [0.2, 0.25) is 5.02 Å². The molecule has 0 radical (unpaired) electrons. The molecule has 1 heterocycles. The zero-order valence-electron chi connectivity index (χ0n) is 13.4. The first kappa shape index (κ1) is 16.2. The SMILES string of the molecule is COc1cc(OC)c(NC(=O)Cc2c[nH]c3ccccc23)cc1Cl. The second-order valence-corrected chi connectivity index (χ2v) is 5.68. The van der Waals surface area contributed by atoms with Crippen molar-refractivity contribution >= 4 is 34.1 Å². The number of halogens is 1. The fraction of sp³-hybridized carbons (Fsp3) is 0.167. The number of aromatic nitrogens is 1. The smallest absolute Gasteiger partial charge is 0.228 e. The predicted octanol–water partition coefficient (Wildman–Crippen LogP) is 4.02. The largest absolute Gasteiger partial charge is 0.495 e. The number of carbonyl (C=O) groups is 1. The van der Waals surface area contributed by atoms with Crippen molar-refractivity contribution in [1.29, 1.82) is 0 Å². The van der Waals surface area contributed by atoms with Gasteiger partial charge in [-0.05, 0) is 17.7 Å². The summed E-state index contributed by atoms with van der Waals surface area (Å²) in [6.45, 7) is 0. The third-order valence-electron chi connectivity index (χ3n) is 3.77. The van der Waals surface area contributed by atoms with Gasteiger partial charge in [0.2, 0.25) is 5.91 Å². The lowest BCUT2D eigenvalue weighted by Gasteiger charge is -2.13. The lowest BCUT2D eigenvalue weighted by atomic mass is 10.1. The van der Waals surface area contributed by atoms with Gasteiger partial charge in [-0.2, -0.15) is 0 Å². The Morgan fingerprint density at radius 3 is 2.67 bits per heavy atom. The summed E-state index contributed by atoms with van der Waals surface area (Å²) < 4.78 is 10.4. The van der Waals surface area contributed by atoms with E-state index in [1.165, 1.54) is 14.2 Å². The van der Waals surface area contributed by atoms with Crippen molar-refractivity contribution in [2.75, 3.05) is 19.5 Å². The molecule has 0 atom stereocenters. The third-order valence-corrected chi connectivity index (χ3v) is 4.07. The number of fused-ring (bicyclic) bond motifs is 1. The Kier molecular flexibility index (Phi) is 4.62. The molecule has 1 amide bonds. The van der Waals surface area contributed by atoms with Crippen LogP contribution in [0.15, 0.2) is 42.6 Å². The lowest BCUT2D eigenvalue weighted by Crippen LogP contribution is -2.15. The highest BCUT2D eigenvalue weighted by molar-refractivity contribution is 6.32. The molecule has 0 fully saturated rings. The Morgan fingerprint density at radius 1 is 1.17 bits per heavy atom. The number of nitrogens with one attached hydrogen (secondary N) is 2. The number of carbonyl (C=O) groups excluding carboxylic acids is 1. The van der Waals surface area contributed by atoms with Crippen LogP contribution in [-0.4, -0.2) is 25.1 Å². The Morgan fingerprint density at radius 2 is 1.92 bits per heavy atom. The fourth-order valence-electron chi connectivity index (χ4n) is 2.60. The molecule has 0 saturated carbocycles. The van der Waals surface area contributed by atoms with E-state index < -0.39 is 0 Å². The maximum atomic E-state index is 12.4. The van der Waals surface area contributed by atoms with Crippen molar-refractivity contribution in [1.82, 2.24) is 4.98 Å². The number of hydrogen-bond donors (Lipinski definition) is 2. The molecule has 0 aliphatic carbocycles. The van der Waals surface area contributed by atoms with Crippen LogP contribution in [0.3, 0.4) is 0 Å². The molecule has 3 aromatic rings. The van der Waals surface area contributed by atoms with E-state index in [9.17, 15) is 4.79 Å². The number of rotatable bonds is 5. The number of benzene rings is 2. The van der Waals surface area contributed by atoms with Crippen LogP contribution in [0.5, 0.6) is 11.5 Å². The first-order chi connectivity index (χ1) is 11.6. The molecule has 0 saturated heterocycles. The highest BCUT2D eigenvalue weighted by Crippen LogP contribution is 2.36. The molecule has 1 aromatic heterocycles. The summed E-state index contributed by atoms with van der Waals surface area (Å²) in [4.78, 5) is 15.6. The van der Waals surface area contributed by atoms with E-state index in [-0.39, 0.29) is 12.3 Å². The summed E-state index contributed by atoms with van der Waals surface area (Å²) in [6, 6.07) is 11.1. The first-order valence-electron chi connectivity index (χ1n) is 7.38. The summed E-state index contributed by atoms with van der Waals surface area (Å²) in [5, 5.41) is 4.28. The molecular formula is C18H17ClN2O3. The van der Waals surface area contributed by atoms with Gasteiger partial charge in [0.05, 0.1) is 31.4 Å². The van der Waals surface area contributed by atoms with Crippen LogP contribution in [0.25, 0.3) is 10.9 Å². The van der Waals surface area contributed by atoms with Gasteiger partial charge in [0.1, 0.15) is 11.5 Å². The van der Waals surface area contributed by atoms with E-state index in [4.69, 9.17) is 21.1 Å². The minimum absolute atomic E-state index is 0.153. The average Bonchev–Trinajstić information content (AvgIpc) is 2.98. The monoisotopic (exact) mass is 344 g/mol. The molecule has 0 unspecified atom stereocenters. The number of amides is 1. The van der Waals surface area contributed by atoms with Crippen LogP contribution < -0.4 is 14.8 Å². The van der Waals surface area contributed by atoms with Crippen LogP contribution in [0, 0.1) is 0 Å². The minimum Gasteiger partial charge on any atom is -0.495 e. The van der Waals surface area contributed by atoms with Gasteiger partial charge >= 0.3 is 0 Å². The molecule has 0 bridgehead atoms. The molecule has 0 spiro atoms. The van der Waals surface area contributed by atoms with Crippen molar-refractivity contribution < 1.29 is 14.3 Å². The van der Waals surface area contributed by atoms with E-state index in [1.807, 2.05) is 30.5 Å². The van der Waals surface area contributed by atoms with Gasteiger partial charge in [-0.15, -0.1) is 0 Å². The predicted molar refractivity (Wildman–Crippen MR) is 95.2 cm³/mol. The number of aromatic amines is 1. The Labute approximate surface area is 144 Å². The van der Waals surface area contributed by atoms with Crippen molar-refractivity contribution in [3.05, 3.63) is 53.2 Å². The maximum Gasteiger partial charge on any atom is 0.228 e. The van der Waals surface area contributed by atoms with Gasteiger partial charge in [-0.3, -0.25) is 4.79 Å². The highest BCUT2D eigenvalue weighted by atomic mass is 35.5. The van der Waals surface area contributed by atoms with E-state index in [2.05, 4.69) is 10.3 Å². The molecule has 2 N–H and O–H groups in total. The minimum atomic E-state index is -0.153. The van der Waals surface area contributed by atoms with Crippen LogP contribution >= 0.6 is 11.6 Å². The van der Waals surface area contributed by atoms with Crippen LogP contribution in [-0.2, 0) is 11.2 Å². The van der Waals surface area contributed by atoms with Crippen molar-refractivity contribution in [2.24, 2.45) is 0 Å². The number of hydrogen-bond acceptors (Lipinski definition) is 3.